The SMILES string of the molecule is C=C(C)/C(=C(C)\N=C/CC)c1ccc2c(Cl)c(C(=O)O)[nH]c2c1. The van der Waals surface area contributed by atoms with Crippen LogP contribution in [0.15, 0.2) is 41.0 Å². The first-order chi connectivity index (χ1) is 10.9. The van der Waals surface area contributed by atoms with E-state index in [4.69, 9.17) is 16.7 Å². The number of aromatic nitrogens is 1. The second-order valence-corrected chi connectivity index (χ2v) is 5.72. The lowest BCUT2D eigenvalue weighted by atomic mass is 9.97. The Hall–Kier alpha value is -2.33. The summed E-state index contributed by atoms with van der Waals surface area (Å²) in [5, 5.41) is 10.1. The van der Waals surface area contributed by atoms with E-state index in [-0.39, 0.29) is 10.7 Å². The van der Waals surface area contributed by atoms with Crippen LogP contribution in [0.25, 0.3) is 16.5 Å². The number of aromatic carboxylic acids is 1. The van der Waals surface area contributed by atoms with Gasteiger partial charge in [0.2, 0.25) is 0 Å². The Morgan fingerprint density at radius 2 is 2.13 bits per heavy atom. The number of rotatable bonds is 5. The van der Waals surface area contributed by atoms with Gasteiger partial charge >= 0.3 is 5.97 Å². The molecule has 0 saturated carbocycles. The number of allylic oxidation sites excluding steroid dienone is 3. The average molecular weight is 331 g/mol. The fourth-order valence-electron chi connectivity index (χ4n) is 2.52. The van der Waals surface area contributed by atoms with Gasteiger partial charge in [0.05, 0.1) is 5.02 Å². The molecule has 0 unspecified atom stereocenters. The number of H-pyrrole nitrogens is 1. The Bertz CT molecular complexity index is 844. The van der Waals surface area contributed by atoms with Crippen molar-refractivity contribution in [1.29, 1.82) is 0 Å². The largest absolute Gasteiger partial charge is 0.477 e. The van der Waals surface area contributed by atoms with E-state index in [0.29, 0.717) is 10.9 Å². The van der Waals surface area contributed by atoms with Gasteiger partial charge in [-0.25, -0.2) is 4.79 Å². The molecule has 1 aromatic heterocycles. The lowest BCUT2D eigenvalue weighted by molar-refractivity contribution is 0.0691. The van der Waals surface area contributed by atoms with E-state index >= 15 is 0 Å². The lowest BCUT2D eigenvalue weighted by Gasteiger charge is -2.10. The molecule has 0 spiro atoms. The van der Waals surface area contributed by atoms with Gasteiger partial charge in [0.25, 0.3) is 0 Å². The molecule has 0 amide bonds. The number of benzene rings is 1. The van der Waals surface area contributed by atoms with E-state index in [2.05, 4.69) is 16.6 Å². The van der Waals surface area contributed by atoms with Gasteiger partial charge in [0.1, 0.15) is 5.69 Å². The number of carboxylic acids is 1. The zero-order valence-corrected chi connectivity index (χ0v) is 14.2. The normalized spacial score (nSPS) is 12.7. The van der Waals surface area contributed by atoms with Crippen LogP contribution in [0, 0.1) is 0 Å². The van der Waals surface area contributed by atoms with Gasteiger partial charge in [0, 0.05) is 28.4 Å². The van der Waals surface area contributed by atoms with E-state index in [0.717, 1.165) is 28.8 Å². The number of fused-ring (bicyclic) bond motifs is 1. The summed E-state index contributed by atoms with van der Waals surface area (Å²) in [7, 11) is 0. The molecule has 0 aliphatic carbocycles. The Labute approximate surface area is 140 Å². The number of nitrogens with zero attached hydrogens (tertiary/aromatic N) is 1. The minimum Gasteiger partial charge on any atom is -0.477 e. The Morgan fingerprint density at radius 3 is 2.70 bits per heavy atom. The van der Waals surface area contributed by atoms with Gasteiger partial charge in [-0.1, -0.05) is 37.2 Å². The number of halogens is 1. The summed E-state index contributed by atoms with van der Waals surface area (Å²) in [5.41, 5.74) is 4.31. The van der Waals surface area contributed by atoms with Crippen LogP contribution in [0.2, 0.25) is 5.02 Å². The number of hydrogen-bond donors (Lipinski definition) is 2. The Morgan fingerprint density at radius 1 is 1.43 bits per heavy atom. The quantitative estimate of drug-likeness (QED) is 0.576. The molecule has 0 aliphatic rings. The predicted octanol–water partition coefficient (Wildman–Crippen LogP) is 5.31. The maximum absolute atomic E-state index is 11.2. The fraction of sp³-hybridized carbons (Fsp3) is 0.222. The smallest absolute Gasteiger partial charge is 0.353 e. The summed E-state index contributed by atoms with van der Waals surface area (Å²) in [6.07, 6.45) is 2.71. The van der Waals surface area contributed by atoms with Gasteiger partial charge < -0.3 is 10.1 Å². The van der Waals surface area contributed by atoms with E-state index < -0.39 is 5.97 Å². The van der Waals surface area contributed by atoms with Crippen molar-refractivity contribution in [2.45, 2.75) is 27.2 Å². The molecule has 0 aliphatic heterocycles. The minimum atomic E-state index is -1.08. The molecule has 4 nitrogen and oxygen atoms in total. The second-order valence-electron chi connectivity index (χ2n) is 5.34. The third-order valence-electron chi connectivity index (χ3n) is 3.49. The molecule has 1 aromatic carbocycles. The summed E-state index contributed by atoms with van der Waals surface area (Å²) < 4.78 is 0. The highest BCUT2D eigenvalue weighted by Crippen LogP contribution is 2.32. The molecule has 23 heavy (non-hydrogen) atoms. The zero-order chi connectivity index (χ0) is 17.1. The van der Waals surface area contributed by atoms with Crippen molar-refractivity contribution < 1.29 is 9.90 Å². The van der Waals surface area contributed by atoms with Crippen molar-refractivity contribution in [3.05, 3.63) is 52.3 Å². The van der Waals surface area contributed by atoms with E-state index in [1.54, 1.807) is 0 Å². The van der Waals surface area contributed by atoms with Crippen LogP contribution in [0.5, 0.6) is 0 Å². The van der Waals surface area contributed by atoms with Crippen molar-refractivity contribution in [2.24, 2.45) is 4.99 Å². The third kappa shape index (κ3) is 3.37. The average Bonchev–Trinajstić information content (AvgIpc) is 2.82. The van der Waals surface area contributed by atoms with Gasteiger partial charge in [-0.05, 0) is 37.5 Å². The topological polar surface area (TPSA) is 65.4 Å². The van der Waals surface area contributed by atoms with Crippen LogP contribution in [0.1, 0.15) is 43.2 Å². The molecule has 2 aromatic rings. The van der Waals surface area contributed by atoms with Crippen molar-refractivity contribution in [1.82, 2.24) is 4.98 Å². The third-order valence-corrected chi connectivity index (χ3v) is 3.89. The standard InChI is InChI=1S/C18H19ClN2O2/c1-5-8-20-11(4)15(10(2)3)12-6-7-13-14(9-12)21-17(16(13)19)18(22)23/h6-9,21H,2,5H2,1,3-4H3,(H,22,23)/b15-11+,20-8-. The monoisotopic (exact) mass is 330 g/mol. The lowest BCUT2D eigenvalue weighted by Crippen LogP contribution is -1.96. The van der Waals surface area contributed by atoms with Crippen LogP contribution in [0.4, 0.5) is 0 Å². The van der Waals surface area contributed by atoms with Crippen LogP contribution in [0.3, 0.4) is 0 Å². The highest BCUT2D eigenvalue weighted by atomic mass is 35.5. The molecule has 2 rings (SSSR count). The Kier molecular flexibility index (Phi) is 5.06. The first kappa shape index (κ1) is 17.0. The number of aliphatic imine (C=N–C) groups is 1. The summed E-state index contributed by atoms with van der Waals surface area (Å²) in [5.74, 6) is -1.08. The molecule has 2 N–H and O–H groups in total. The maximum Gasteiger partial charge on any atom is 0.353 e. The second kappa shape index (κ2) is 6.84. The van der Waals surface area contributed by atoms with Crippen molar-refractivity contribution in [2.75, 3.05) is 0 Å². The van der Waals surface area contributed by atoms with Crippen molar-refractivity contribution in [3.8, 4) is 0 Å². The van der Waals surface area contributed by atoms with E-state index in [1.807, 2.05) is 45.2 Å². The molecule has 1 heterocycles. The molecule has 0 saturated heterocycles. The summed E-state index contributed by atoms with van der Waals surface area (Å²) >= 11 is 6.11. The van der Waals surface area contributed by atoms with Gasteiger partial charge in [-0.15, -0.1) is 0 Å². The number of carbonyl (C=O) groups is 1. The van der Waals surface area contributed by atoms with Crippen molar-refractivity contribution >= 4 is 40.3 Å². The summed E-state index contributed by atoms with van der Waals surface area (Å²) in [6.45, 7) is 9.92. The summed E-state index contributed by atoms with van der Waals surface area (Å²) in [4.78, 5) is 18.5. The zero-order valence-electron chi connectivity index (χ0n) is 13.4. The molecule has 0 radical (unpaired) electrons. The number of hydrogen-bond acceptors (Lipinski definition) is 2. The number of aromatic amines is 1. The molecule has 0 atom stereocenters. The maximum atomic E-state index is 11.2. The van der Waals surface area contributed by atoms with Crippen molar-refractivity contribution in [3.63, 3.8) is 0 Å². The van der Waals surface area contributed by atoms with Crippen LogP contribution >= 0.6 is 11.6 Å². The minimum absolute atomic E-state index is 0.000368. The fourth-order valence-corrected chi connectivity index (χ4v) is 2.82. The first-order valence-electron chi connectivity index (χ1n) is 7.31. The van der Waals surface area contributed by atoms with Crippen LogP contribution in [-0.4, -0.2) is 22.3 Å². The highest BCUT2D eigenvalue weighted by Gasteiger charge is 2.16. The highest BCUT2D eigenvalue weighted by molar-refractivity contribution is 6.38. The van der Waals surface area contributed by atoms with E-state index in [9.17, 15) is 4.79 Å². The Balaban J connectivity index is 2.64. The predicted molar refractivity (Wildman–Crippen MR) is 96.5 cm³/mol. The van der Waals surface area contributed by atoms with Gasteiger partial charge in [-0.2, -0.15) is 0 Å². The van der Waals surface area contributed by atoms with Crippen LogP contribution in [-0.2, 0) is 0 Å². The molecular formula is C18H19ClN2O2. The molecule has 120 valence electrons. The van der Waals surface area contributed by atoms with Gasteiger partial charge in [-0.3, -0.25) is 4.99 Å². The first-order valence-corrected chi connectivity index (χ1v) is 7.68. The van der Waals surface area contributed by atoms with E-state index in [1.165, 1.54) is 0 Å². The molecule has 5 heteroatoms. The molecule has 0 fully saturated rings. The number of nitrogens with one attached hydrogen (secondary N) is 1. The summed E-state index contributed by atoms with van der Waals surface area (Å²) in [6, 6.07) is 5.60. The molecule has 0 bridgehead atoms. The van der Waals surface area contributed by atoms with Gasteiger partial charge in [0.15, 0.2) is 0 Å². The number of carboxylic acid groups (broad SMARTS) is 1. The van der Waals surface area contributed by atoms with Crippen LogP contribution < -0.4 is 0 Å². The molecular weight excluding hydrogens is 312 g/mol.